The van der Waals surface area contributed by atoms with Crippen LogP contribution in [0.25, 0.3) is 0 Å². The van der Waals surface area contributed by atoms with Crippen molar-refractivity contribution in [2.24, 2.45) is 0 Å². The van der Waals surface area contributed by atoms with Crippen LogP contribution in [0.1, 0.15) is 5.56 Å². The Morgan fingerprint density at radius 3 is 2.71 bits per heavy atom. The maximum atomic E-state index is 10.7. The molecule has 6 nitrogen and oxygen atoms in total. The number of hydrogen-bond acceptors (Lipinski definition) is 5. The molecule has 1 aromatic heterocycles. The van der Waals surface area contributed by atoms with Crippen molar-refractivity contribution in [3.63, 3.8) is 0 Å². The smallest absolute Gasteiger partial charge is 0.409 e. The second-order valence-electron chi connectivity index (χ2n) is 5.72. The molecule has 1 heterocycles. The summed E-state index contributed by atoms with van der Waals surface area (Å²) in [5.74, 6) is 1.30. The second kappa shape index (κ2) is 9.64. The number of rotatable bonds is 7. The van der Waals surface area contributed by atoms with Crippen LogP contribution in [0, 0.1) is 0 Å². The van der Waals surface area contributed by atoms with Crippen LogP contribution in [0.5, 0.6) is 0 Å². The van der Waals surface area contributed by atoms with E-state index in [2.05, 4.69) is 20.6 Å². The highest BCUT2D eigenvalue weighted by Crippen LogP contribution is 2.26. The molecule has 0 bridgehead atoms. The predicted octanol–water partition coefficient (Wildman–Crippen LogP) is 5.95. The van der Waals surface area contributed by atoms with Crippen molar-refractivity contribution in [1.29, 1.82) is 0 Å². The van der Waals surface area contributed by atoms with Crippen molar-refractivity contribution in [1.82, 2.24) is 9.97 Å². The Morgan fingerprint density at radius 1 is 1.11 bits per heavy atom. The summed E-state index contributed by atoms with van der Waals surface area (Å²) in [5.41, 5.74) is 2.56. The van der Waals surface area contributed by atoms with Crippen LogP contribution in [0.4, 0.5) is 22.0 Å². The predicted molar refractivity (Wildman–Crippen MR) is 114 cm³/mol. The summed E-state index contributed by atoms with van der Waals surface area (Å²) in [6.45, 7) is 0. The summed E-state index contributed by atoms with van der Waals surface area (Å²) >= 11 is 13.6. The molecular weight excluding hydrogens is 419 g/mol. The van der Waals surface area contributed by atoms with E-state index in [0.29, 0.717) is 16.5 Å². The zero-order valence-electron chi connectivity index (χ0n) is 14.5. The maximum Gasteiger partial charge on any atom is 0.409 e. The van der Waals surface area contributed by atoms with Gasteiger partial charge >= 0.3 is 6.09 Å². The third kappa shape index (κ3) is 6.02. The van der Waals surface area contributed by atoms with Crippen molar-refractivity contribution in [2.75, 3.05) is 16.4 Å². The summed E-state index contributed by atoms with van der Waals surface area (Å²) in [6.07, 6.45) is 1.22. The lowest BCUT2D eigenvalue weighted by molar-refractivity contribution is 0.209. The molecule has 3 rings (SSSR count). The van der Waals surface area contributed by atoms with Crippen LogP contribution in [-0.4, -0.2) is 26.9 Å². The molecule has 0 aliphatic rings. The van der Waals surface area contributed by atoms with Crippen molar-refractivity contribution >= 4 is 58.2 Å². The van der Waals surface area contributed by atoms with Crippen LogP contribution in [0.2, 0.25) is 10.3 Å². The quantitative estimate of drug-likeness (QED) is 0.314. The van der Waals surface area contributed by atoms with Crippen molar-refractivity contribution < 1.29 is 9.90 Å². The maximum absolute atomic E-state index is 10.7. The standard InChI is InChI=1S/C19H16Cl2N4O2S/c20-16-11-22-18(21)25-17(16)23-13-4-1-3-12(9-13)7-8-28-15-6-2-5-14(10-15)24-19(26)27/h1-6,9-11,24H,7-8H2,(H,26,27)(H,22,23,25). The van der Waals surface area contributed by atoms with Crippen LogP contribution < -0.4 is 10.6 Å². The van der Waals surface area contributed by atoms with Gasteiger partial charge in [0.15, 0.2) is 5.82 Å². The lowest BCUT2D eigenvalue weighted by Crippen LogP contribution is -2.06. The lowest BCUT2D eigenvalue weighted by Gasteiger charge is -2.09. The van der Waals surface area contributed by atoms with E-state index in [1.807, 2.05) is 42.5 Å². The summed E-state index contributed by atoms with van der Waals surface area (Å²) < 4.78 is 0. The first kappa shape index (κ1) is 20.3. The van der Waals surface area contributed by atoms with E-state index in [0.717, 1.165) is 28.3 Å². The van der Waals surface area contributed by atoms with Gasteiger partial charge in [0.1, 0.15) is 5.02 Å². The number of anilines is 3. The van der Waals surface area contributed by atoms with Crippen LogP contribution in [0.3, 0.4) is 0 Å². The summed E-state index contributed by atoms with van der Waals surface area (Å²) in [7, 11) is 0. The highest BCUT2D eigenvalue weighted by atomic mass is 35.5. The number of benzene rings is 2. The SMILES string of the molecule is O=C(O)Nc1cccc(SCCc2cccc(Nc3nc(Cl)ncc3Cl)c2)c1. The Bertz CT molecular complexity index is 988. The Labute approximate surface area is 176 Å². The molecule has 0 atom stereocenters. The van der Waals surface area contributed by atoms with E-state index in [4.69, 9.17) is 28.3 Å². The lowest BCUT2D eigenvalue weighted by atomic mass is 10.1. The van der Waals surface area contributed by atoms with Gasteiger partial charge < -0.3 is 10.4 Å². The fraction of sp³-hybridized carbons (Fsp3) is 0.105. The minimum absolute atomic E-state index is 0.124. The van der Waals surface area contributed by atoms with Gasteiger partial charge in [-0.3, -0.25) is 5.32 Å². The van der Waals surface area contributed by atoms with Gasteiger partial charge in [-0.25, -0.2) is 9.78 Å². The molecule has 0 spiro atoms. The molecule has 3 N–H and O–H groups in total. The number of carboxylic acid groups (broad SMARTS) is 1. The number of carbonyl (C=O) groups is 1. The molecule has 0 fully saturated rings. The molecule has 28 heavy (non-hydrogen) atoms. The molecule has 0 radical (unpaired) electrons. The number of nitrogens with one attached hydrogen (secondary N) is 2. The normalized spacial score (nSPS) is 10.5. The molecule has 3 aromatic rings. The van der Waals surface area contributed by atoms with Gasteiger partial charge in [-0.1, -0.05) is 29.8 Å². The van der Waals surface area contributed by atoms with Crippen molar-refractivity contribution in [3.8, 4) is 0 Å². The van der Waals surface area contributed by atoms with Gasteiger partial charge in [0, 0.05) is 22.0 Å². The molecule has 1 amide bonds. The first-order valence-corrected chi connectivity index (χ1v) is 10.0. The van der Waals surface area contributed by atoms with Gasteiger partial charge in [0.25, 0.3) is 0 Å². The summed E-state index contributed by atoms with van der Waals surface area (Å²) in [4.78, 5) is 19.7. The van der Waals surface area contributed by atoms with E-state index in [-0.39, 0.29) is 5.28 Å². The highest BCUT2D eigenvalue weighted by Gasteiger charge is 2.06. The molecule has 144 valence electrons. The molecule has 0 aliphatic heterocycles. The fourth-order valence-electron chi connectivity index (χ4n) is 2.45. The molecular formula is C19H16Cl2N4O2S. The van der Waals surface area contributed by atoms with Gasteiger partial charge in [-0.15, -0.1) is 11.8 Å². The van der Waals surface area contributed by atoms with E-state index in [1.165, 1.54) is 6.20 Å². The molecule has 0 saturated carbocycles. The van der Waals surface area contributed by atoms with Gasteiger partial charge in [-0.2, -0.15) is 4.98 Å². The Balaban J connectivity index is 1.59. The van der Waals surface area contributed by atoms with Crippen LogP contribution in [0.15, 0.2) is 59.6 Å². The fourth-order valence-corrected chi connectivity index (χ4v) is 3.68. The largest absolute Gasteiger partial charge is 0.465 e. The Kier molecular flexibility index (Phi) is 6.97. The average molecular weight is 435 g/mol. The van der Waals surface area contributed by atoms with Crippen molar-refractivity contribution in [3.05, 3.63) is 70.6 Å². The Morgan fingerprint density at radius 2 is 1.89 bits per heavy atom. The minimum atomic E-state index is -1.07. The van der Waals surface area contributed by atoms with Gasteiger partial charge in [0.05, 0.1) is 6.20 Å². The van der Waals surface area contributed by atoms with Gasteiger partial charge in [0.2, 0.25) is 5.28 Å². The minimum Gasteiger partial charge on any atom is -0.465 e. The molecule has 0 unspecified atom stereocenters. The summed E-state index contributed by atoms with van der Waals surface area (Å²) in [5, 5.41) is 14.8. The highest BCUT2D eigenvalue weighted by molar-refractivity contribution is 7.99. The first-order valence-electron chi connectivity index (χ1n) is 8.26. The van der Waals surface area contributed by atoms with E-state index in [1.54, 1.807) is 17.8 Å². The molecule has 0 saturated heterocycles. The summed E-state index contributed by atoms with van der Waals surface area (Å²) in [6, 6.07) is 15.3. The molecule has 0 aliphatic carbocycles. The van der Waals surface area contributed by atoms with E-state index in [9.17, 15) is 4.79 Å². The topological polar surface area (TPSA) is 87.1 Å². The first-order chi connectivity index (χ1) is 13.5. The number of thioether (sulfide) groups is 1. The monoisotopic (exact) mass is 434 g/mol. The zero-order chi connectivity index (χ0) is 19.9. The zero-order valence-corrected chi connectivity index (χ0v) is 16.9. The van der Waals surface area contributed by atoms with E-state index < -0.39 is 6.09 Å². The Hall–Kier alpha value is -2.48. The van der Waals surface area contributed by atoms with Crippen LogP contribution >= 0.6 is 35.0 Å². The average Bonchev–Trinajstić information content (AvgIpc) is 2.65. The number of aryl methyl sites for hydroxylation is 1. The van der Waals surface area contributed by atoms with E-state index >= 15 is 0 Å². The third-order valence-corrected chi connectivity index (χ3v) is 5.10. The number of hydrogen-bond donors (Lipinski definition) is 3. The third-order valence-electron chi connectivity index (χ3n) is 3.65. The second-order valence-corrected chi connectivity index (χ2v) is 7.63. The van der Waals surface area contributed by atoms with Crippen molar-refractivity contribution in [2.45, 2.75) is 11.3 Å². The number of amides is 1. The number of nitrogens with zero attached hydrogens (tertiary/aromatic N) is 2. The molecule has 2 aromatic carbocycles. The van der Waals surface area contributed by atoms with Crippen LogP contribution in [-0.2, 0) is 6.42 Å². The molecule has 9 heteroatoms. The van der Waals surface area contributed by atoms with Gasteiger partial charge in [-0.05, 0) is 53.9 Å². The number of halogens is 2. The number of aromatic nitrogens is 2.